The highest BCUT2D eigenvalue weighted by Crippen LogP contribution is 2.46. The zero-order valence-corrected chi connectivity index (χ0v) is 29.4. The molecule has 0 saturated carbocycles. The van der Waals surface area contributed by atoms with Crippen LogP contribution in [0.15, 0.2) is 0 Å². The van der Waals surface area contributed by atoms with Crippen molar-refractivity contribution in [3.05, 3.63) is 0 Å². The molecule has 1 aliphatic heterocycles. The minimum absolute atomic E-state index is 0.0505. The van der Waals surface area contributed by atoms with Crippen LogP contribution in [0.2, 0.25) is 0 Å². The van der Waals surface area contributed by atoms with Gasteiger partial charge in [-0.05, 0) is 65.2 Å². The first kappa shape index (κ1) is 40.4. The maximum atomic E-state index is 13.9. The van der Waals surface area contributed by atoms with E-state index in [9.17, 15) is 24.6 Å². The van der Waals surface area contributed by atoms with Crippen LogP contribution >= 0.6 is 0 Å². The highest BCUT2D eigenvalue weighted by atomic mass is 16.8. The number of amides is 1. The van der Waals surface area contributed by atoms with Gasteiger partial charge in [-0.1, -0.05) is 54.9 Å². The van der Waals surface area contributed by atoms with Crippen LogP contribution in [0.5, 0.6) is 0 Å². The second-order valence-electron chi connectivity index (χ2n) is 14.1. The summed E-state index contributed by atoms with van der Waals surface area (Å²) in [5.74, 6) is -0.854. The SMILES string of the molecule is CCCCOC(=O)C(C)(CC(OCCCCO)ON1C(C)(CC)CC(=O)C(C)C1(C)CC)CC(C)C(C)(C)C(=O)NCCO. The summed E-state index contributed by atoms with van der Waals surface area (Å²) in [7, 11) is 0. The van der Waals surface area contributed by atoms with Gasteiger partial charge in [0, 0.05) is 43.9 Å². The van der Waals surface area contributed by atoms with Crippen molar-refractivity contribution in [3.8, 4) is 0 Å². The van der Waals surface area contributed by atoms with E-state index in [1.54, 1.807) is 0 Å². The first-order valence-corrected chi connectivity index (χ1v) is 16.8. The van der Waals surface area contributed by atoms with Crippen LogP contribution in [-0.2, 0) is 28.7 Å². The number of ketones is 1. The molecule has 3 N–H and O–H groups in total. The molecular formula is C34H64N2O8. The predicted molar refractivity (Wildman–Crippen MR) is 171 cm³/mol. The van der Waals surface area contributed by atoms with Gasteiger partial charge in [-0.25, -0.2) is 0 Å². The first-order chi connectivity index (χ1) is 20.5. The lowest BCUT2D eigenvalue weighted by molar-refractivity contribution is -0.365. The standard InChI is InChI=1S/C34H64N2O8/c1-11-14-20-43-30(41)32(8,22-25(4)31(6,7)29(40)35-17-19-38)24-28(42-21-16-15-18-37)44-36-33(9,12-2)23-27(39)26(5)34(36,10)13-3/h25-26,28,37-38H,11-24H2,1-10H3,(H,35,40). The molecule has 10 heteroatoms. The maximum Gasteiger partial charge on any atom is 0.311 e. The number of carbonyl (C=O) groups excluding carboxylic acids is 3. The Morgan fingerprint density at radius 1 is 1.02 bits per heavy atom. The number of rotatable bonds is 21. The number of carbonyl (C=O) groups is 3. The average molecular weight is 629 g/mol. The Morgan fingerprint density at radius 2 is 1.68 bits per heavy atom. The van der Waals surface area contributed by atoms with Gasteiger partial charge in [0.05, 0.1) is 29.7 Å². The zero-order chi connectivity index (χ0) is 33.8. The molecule has 0 spiro atoms. The second kappa shape index (κ2) is 17.9. The van der Waals surface area contributed by atoms with Crippen LogP contribution in [0.4, 0.5) is 0 Å². The minimum atomic E-state index is -1.06. The zero-order valence-electron chi connectivity index (χ0n) is 29.4. The van der Waals surface area contributed by atoms with Crippen molar-refractivity contribution in [1.29, 1.82) is 0 Å². The van der Waals surface area contributed by atoms with Gasteiger partial charge >= 0.3 is 5.97 Å². The van der Waals surface area contributed by atoms with Crippen LogP contribution in [0.25, 0.3) is 0 Å². The lowest BCUT2D eigenvalue weighted by Gasteiger charge is -2.56. The number of hydrogen-bond acceptors (Lipinski definition) is 9. The Balaban J connectivity index is 3.53. The number of esters is 1. The Bertz CT molecular complexity index is 914. The van der Waals surface area contributed by atoms with E-state index >= 15 is 0 Å². The van der Waals surface area contributed by atoms with Crippen molar-refractivity contribution in [2.45, 2.75) is 144 Å². The summed E-state index contributed by atoms with van der Waals surface area (Å²) in [5.41, 5.74) is -3.06. The van der Waals surface area contributed by atoms with E-state index in [2.05, 4.69) is 19.2 Å². The van der Waals surface area contributed by atoms with Crippen LogP contribution in [-0.4, -0.2) is 83.3 Å². The Kier molecular flexibility index (Phi) is 16.5. The number of nitrogens with zero attached hydrogens (tertiary/aromatic N) is 1. The molecule has 1 amide bonds. The first-order valence-electron chi connectivity index (χ1n) is 16.8. The van der Waals surface area contributed by atoms with Crippen molar-refractivity contribution >= 4 is 17.7 Å². The number of ether oxygens (including phenoxy) is 2. The Hall–Kier alpha value is -1.59. The fourth-order valence-electron chi connectivity index (χ4n) is 6.03. The fraction of sp³-hybridized carbons (Fsp3) is 0.912. The third kappa shape index (κ3) is 10.2. The molecule has 0 aliphatic carbocycles. The summed E-state index contributed by atoms with van der Waals surface area (Å²) in [4.78, 5) is 46.9. The number of unbranched alkanes of at least 4 members (excludes halogenated alkanes) is 2. The molecule has 6 atom stereocenters. The van der Waals surface area contributed by atoms with Gasteiger partial charge in [0.2, 0.25) is 5.91 Å². The summed E-state index contributed by atoms with van der Waals surface area (Å²) in [6.45, 7) is 20.4. The molecular weight excluding hydrogens is 564 g/mol. The molecule has 0 radical (unpaired) electrons. The molecule has 0 aromatic heterocycles. The average Bonchev–Trinajstić information content (AvgIpc) is 2.98. The van der Waals surface area contributed by atoms with Gasteiger partial charge in [0.1, 0.15) is 5.78 Å². The van der Waals surface area contributed by atoms with Crippen molar-refractivity contribution in [2.75, 3.05) is 33.0 Å². The highest BCUT2D eigenvalue weighted by molar-refractivity contribution is 5.84. The van der Waals surface area contributed by atoms with Crippen LogP contribution in [0.1, 0.15) is 127 Å². The number of Topliss-reactive ketones (excluding diaryl/α,β-unsaturated/α-hetero) is 1. The topological polar surface area (TPSA) is 135 Å². The van der Waals surface area contributed by atoms with Crippen molar-refractivity contribution in [3.63, 3.8) is 0 Å². The molecule has 10 nitrogen and oxygen atoms in total. The van der Waals surface area contributed by atoms with Gasteiger partial charge in [-0.2, -0.15) is 5.06 Å². The molecule has 44 heavy (non-hydrogen) atoms. The molecule has 1 rings (SSSR count). The molecule has 1 aliphatic rings. The van der Waals surface area contributed by atoms with E-state index in [1.165, 1.54) is 0 Å². The van der Waals surface area contributed by atoms with Gasteiger partial charge in [0.25, 0.3) is 0 Å². The molecule has 1 fully saturated rings. The monoisotopic (exact) mass is 628 g/mol. The van der Waals surface area contributed by atoms with E-state index < -0.39 is 28.2 Å². The molecule has 258 valence electrons. The van der Waals surface area contributed by atoms with E-state index in [1.807, 2.05) is 60.5 Å². The molecule has 0 aromatic carbocycles. The van der Waals surface area contributed by atoms with Crippen LogP contribution < -0.4 is 5.32 Å². The number of hydroxylamine groups is 2. The van der Waals surface area contributed by atoms with E-state index in [-0.39, 0.29) is 55.7 Å². The smallest absolute Gasteiger partial charge is 0.311 e. The summed E-state index contributed by atoms with van der Waals surface area (Å²) < 4.78 is 12.2. The lowest BCUT2D eigenvalue weighted by atomic mass is 9.69. The Morgan fingerprint density at radius 3 is 2.23 bits per heavy atom. The normalized spacial score (nSPS) is 25.7. The van der Waals surface area contributed by atoms with E-state index in [0.717, 1.165) is 12.8 Å². The quantitative estimate of drug-likeness (QED) is 0.0893. The summed E-state index contributed by atoms with van der Waals surface area (Å²) in [6.07, 6.45) is 4.20. The van der Waals surface area contributed by atoms with E-state index in [0.29, 0.717) is 51.7 Å². The van der Waals surface area contributed by atoms with Gasteiger partial charge in [-0.3, -0.25) is 19.2 Å². The van der Waals surface area contributed by atoms with Crippen LogP contribution in [0, 0.1) is 22.7 Å². The van der Waals surface area contributed by atoms with Gasteiger partial charge in [-0.15, -0.1) is 0 Å². The summed E-state index contributed by atoms with van der Waals surface area (Å²) in [5, 5.41) is 23.3. The van der Waals surface area contributed by atoms with Crippen LogP contribution in [0.3, 0.4) is 0 Å². The number of aliphatic hydroxyl groups is 2. The van der Waals surface area contributed by atoms with Crippen molar-refractivity contribution in [1.82, 2.24) is 10.4 Å². The largest absolute Gasteiger partial charge is 0.465 e. The fourth-order valence-corrected chi connectivity index (χ4v) is 6.03. The number of aliphatic hydroxyl groups excluding tert-OH is 2. The molecule has 0 aromatic rings. The third-order valence-electron chi connectivity index (χ3n) is 10.3. The summed E-state index contributed by atoms with van der Waals surface area (Å²) >= 11 is 0. The second-order valence-corrected chi connectivity index (χ2v) is 14.1. The number of piperidine rings is 1. The molecule has 1 saturated heterocycles. The summed E-state index contributed by atoms with van der Waals surface area (Å²) in [6, 6.07) is 0. The molecule has 6 unspecified atom stereocenters. The number of hydrogen-bond donors (Lipinski definition) is 3. The van der Waals surface area contributed by atoms with Gasteiger partial charge < -0.3 is 25.0 Å². The third-order valence-corrected chi connectivity index (χ3v) is 10.3. The molecule has 0 bridgehead atoms. The minimum Gasteiger partial charge on any atom is -0.465 e. The predicted octanol–water partition coefficient (Wildman–Crippen LogP) is 5.18. The highest BCUT2D eigenvalue weighted by Gasteiger charge is 2.55. The Labute approximate surface area is 266 Å². The van der Waals surface area contributed by atoms with Crippen molar-refractivity contribution < 1.29 is 38.9 Å². The van der Waals surface area contributed by atoms with E-state index in [4.69, 9.17) is 14.3 Å². The number of nitrogens with one attached hydrogen (secondary N) is 1. The lowest BCUT2D eigenvalue weighted by Crippen LogP contribution is -2.67. The van der Waals surface area contributed by atoms with Crippen molar-refractivity contribution in [2.24, 2.45) is 22.7 Å². The maximum absolute atomic E-state index is 13.9. The molecule has 1 heterocycles. The van der Waals surface area contributed by atoms with Gasteiger partial charge in [0.15, 0.2) is 6.29 Å².